The Labute approximate surface area is 127 Å². The molecule has 0 aliphatic rings. The van der Waals surface area contributed by atoms with Crippen LogP contribution in [-0.2, 0) is 6.54 Å². The van der Waals surface area contributed by atoms with E-state index in [1.807, 2.05) is 0 Å². The molecule has 0 fully saturated rings. The number of benzene rings is 2. The molecule has 0 aliphatic heterocycles. The van der Waals surface area contributed by atoms with E-state index in [2.05, 4.69) is 74.8 Å². The first-order chi connectivity index (χ1) is 8.15. The van der Waals surface area contributed by atoms with Crippen molar-refractivity contribution in [2.75, 3.05) is 5.32 Å². The van der Waals surface area contributed by atoms with Gasteiger partial charge in [0.25, 0.3) is 0 Å². The van der Waals surface area contributed by atoms with Crippen molar-refractivity contribution in [1.82, 2.24) is 0 Å². The Balaban J connectivity index is 2.04. The molecule has 0 bridgehead atoms. The van der Waals surface area contributed by atoms with Gasteiger partial charge in [-0.25, -0.2) is 4.39 Å². The second-order valence-electron chi connectivity index (χ2n) is 3.60. The molecule has 0 saturated carbocycles. The average molecular weight is 453 g/mol. The van der Waals surface area contributed by atoms with Crippen LogP contribution < -0.4 is 5.32 Å². The summed E-state index contributed by atoms with van der Waals surface area (Å²) >= 11 is 4.41. The maximum absolute atomic E-state index is 12.9. The molecule has 0 heterocycles. The van der Waals surface area contributed by atoms with E-state index in [9.17, 15) is 4.39 Å². The highest BCUT2D eigenvalue weighted by Gasteiger charge is 2.01. The summed E-state index contributed by atoms with van der Waals surface area (Å²) in [7, 11) is 0. The summed E-state index contributed by atoms with van der Waals surface area (Å²) in [6.07, 6.45) is 0. The molecule has 0 radical (unpaired) electrons. The van der Waals surface area contributed by atoms with E-state index in [0.717, 1.165) is 15.8 Å². The number of nitrogens with one attached hydrogen (secondary N) is 1. The summed E-state index contributed by atoms with van der Waals surface area (Å²) in [5.41, 5.74) is 2.18. The summed E-state index contributed by atoms with van der Waals surface area (Å²) in [5, 5.41) is 3.30. The van der Waals surface area contributed by atoms with E-state index in [1.165, 1.54) is 21.3 Å². The molecule has 2 aromatic rings. The van der Waals surface area contributed by atoms with Gasteiger partial charge >= 0.3 is 0 Å². The van der Waals surface area contributed by atoms with Crippen molar-refractivity contribution in [3.05, 3.63) is 61.0 Å². The maximum atomic E-state index is 12.9. The molecule has 1 nitrogen and oxygen atoms in total. The van der Waals surface area contributed by atoms with Crippen molar-refractivity contribution < 1.29 is 4.39 Å². The normalized spacial score (nSPS) is 10.3. The first kappa shape index (κ1) is 13.1. The molecule has 0 aliphatic carbocycles. The molecule has 0 amide bonds. The Morgan fingerprint density at radius 3 is 2.35 bits per heavy atom. The van der Waals surface area contributed by atoms with E-state index in [1.54, 1.807) is 6.07 Å². The highest BCUT2D eigenvalue weighted by atomic mass is 127. The van der Waals surface area contributed by atoms with Crippen LogP contribution in [0.25, 0.3) is 0 Å². The van der Waals surface area contributed by atoms with Crippen LogP contribution in [0, 0.1) is 13.0 Å². The highest BCUT2D eigenvalue weighted by molar-refractivity contribution is 14.1. The first-order valence-electron chi connectivity index (χ1n) is 5.08. The molecule has 0 spiro atoms. The molecule has 88 valence electrons. The number of halogens is 3. The van der Waals surface area contributed by atoms with Crippen molar-refractivity contribution in [2.45, 2.75) is 6.54 Å². The largest absolute Gasteiger partial charge is 0.380 e. The molecule has 2 aromatic carbocycles. The van der Waals surface area contributed by atoms with E-state index < -0.39 is 0 Å². The molecule has 0 aromatic heterocycles. The Bertz CT molecular complexity index is 511. The van der Waals surface area contributed by atoms with Gasteiger partial charge in [0, 0.05) is 19.4 Å². The quantitative estimate of drug-likeness (QED) is 0.668. The minimum absolute atomic E-state index is 0.200. The van der Waals surface area contributed by atoms with Crippen LogP contribution in [0.15, 0.2) is 42.5 Å². The van der Waals surface area contributed by atoms with Crippen molar-refractivity contribution in [3.63, 3.8) is 0 Å². The summed E-state index contributed by atoms with van der Waals surface area (Å²) in [6, 6.07) is 13.1. The first-order valence-corrected chi connectivity index (χ1v) is 7.24. The molecule has 1 N–H and O–H groups in total. The summed E-state index contributed by atoms with van der Waals surface area (Å²) in [4.78, 5) is 0. The highest BCUT2D eigenvalue weighted by Crippen LogP contribution is 2.19. The van der Waals surface area contributed by atoms with Gasteiger partial charge < -0.3 is 5.32 Å². The summed E-state index contributed by atoms with van der Waals surface area (Å²) in [6.45, 7) is 0.749. The zero-order chi connectivity index (χ0) is 12.3. The number of hydrogen-bond acceptors (Lipinski definition) is 1. The monoisotopic (exact) mass is 453 g/mol. The molecule has 17 heavy (non-hydrogen) atoms. The van der Waals surface area contributed by atoms with Gasteiger partial charge in [-0.3, -0.25) is 0 Å². The van der Waals surface area contributed by atoms with Gasteiger partial charge in [0.2, 0.25) is 0 Å². The maximum Gasteiger partial charge on any atom is 0.124 e. The zero-order valence-electron chi connectivity index (χ0n) is 8.88. The van der Waals surface area contributed by atoms with Crippen molar-refractivity contribution in [3.8, 4) is 0 Å². The van der Waals surface area contributed by atoms with E-state index >= 15 is 0 Å². The van der Waals surface area contributed by atoms with Gasteiger partial charge in [-0.15, -0.1) is 0 Å². The molecule has 0 unspecified atom stereocenters. The van der Waals surface area contributed by atoms with Gasteiger partial charge in [-0.05, 0) is 81.1 Å². The molecular formula is C13H10FI2N. The Morgan fingerprint density at radius 2 is 1.71 bits per heavy atom. The predicted molar refractivity (Wildman–Crippen MR) is 85.6 cm³/mol. The lowest BCUT2D eigenvalue weighted by atomic mass is 10.2. The third-order valence-electron chi connectivity index (χ3n) is 2.33. The number of hydrogen-bond donors (Lipinski definition) is 1. The molecule has 2 rings (SSSR count). The van der Waals surface area contributed by atoms with E-state index in [0.29, 0.717) is 0 Å². The third-order valence-corrected chi connectivity index (χ3v) is 3.94. The number of rotatable bonds is 3. The van der Waals surface area contributed by atoms with Gasteiger partial charge in [-0.1, -0.05) is 12.1 Å². The van der Waals surface area contributed by atoms with Crippen molar-refractivity contribution in [2.24, 2.45) is 0 Å². The average Bonchev–Trinajstić information content (AvgIpc) is 2.30. The fourth-order valence-electron chi connectivity index (χ4n) is 1.43. The van der Waals surface area contributed by atoms with Crippen LogP contribution in [0.1, 0.15) is 5.56 Å². The third kappa shape index (κ3) is 3.80. The second kappa shape index (κ2) is 5.99. The minimum Gasteiger partial charge on any atom is -0.380 e. The van der Waals surface area contributed by atoms with Crippen LogP contribution in [0.4, 0.5) is 10.1 Å². The molecule has 0 atom stereocenters. The topological polar surface area (TPSA) is 12.0 Å². The lowest BCUT2D eigenvalue weighted by Crippen LogP contribution is -2.01. The Kier molecular flexibility index (Phi) is 4.61. The van der Waals surface area contributed by atoms with Crippen LogP contribution >= 0.6 is 45.2 Å². The SMILES string of the molecule is Fc1ccc(NCc2ccc(I)cc2)c(I)c1. The lowest BCUT2D eigenvalue weighted by Gasteiger charge is -2.08. The van der Waals surface area contributed by atoms with Gasteiger partial charge in [0.1, 0.15) is 5.82 Å². The standard InChI is InChI=1S/C13H10FI2N/c14-10-3-6-13(12(16)7-10)17-8-9-1-4-11(15)5-2-9/h1-7,17H,8H2. The fraction of sp³-hybridized carbons (Fsp3) is 0.0769. The van der Waals surface area contributed by atoms with Crippen LogP contribution in [-0.4, -0.2) is 0 Å². The minimum atomic E-state index is -0.200. The smallest absolute Gasteiger partial charge is 0.124 e. The lowest BCUT2D eigenvalue weighted by molar-refractivity contribution is 0.627. The Morgan fingerprint density at radius 1 is 1.00 bits per heavy atom. The van der Waals surface area contributed by atoms with Gasteiger partial charge in [-0.2, -0.15) is 0 Å². The number of anilines is 1. The zero-order valence-corrected chi connectivity index (χ0v) is 13.2. The van der Waals surface area contributed by atoms with Crippen molar-refractivity contribution in [1.29, 1.82) is 0 Å². The predicted octanol–water partition coefficient (Wildman–Crippen LogP) is 4.65. The van der Waals surface area contributed by atoms with Gasteiger partial charge in [0.15, 0.2) is 0 Å². The summed E-state index contributed by atoms with van der Waals surface area (Å²) in [5.74, 6) is -0.200. The van der Waals surface area contributed by atoms with Gasteiger partial charge in [0.05, 0.1) is 0 Å². The molecule has 0 saturated heterocycles. The summed E-state index contributed by atoms with van der Waals surface area (Å²) < 4.78 is 15.0. The van der Waals surface area contributed by atoms with E-state index in [-0.39, 0.29) is 5.82 Å². The molecular weight excluding hydrogens is 443 g/mol. The fourth-order valence-corrected chi connectivity index (χ4v) is 2.46. The van der Waals surface area contributed by atoms with E-state index in [4.69, 9.17) is 0 Å². The molecule has 4 heteroatoms. The van der Waals surface area contributed by atoms with Crippen LogP contribution in [0.3, 0.4) is 0 Å². The van der Waals surface area contributed by atoms with Crippen LogP contribution in [0.5, 0.6) is 0 Å². The Hall–Kier alpha value is -0.370. The second-order valence-corrected chi connectivity index (χ2v) is 6.01. The van der Waals surface area contributed by atoms with Crippen molar-refractivity contribution >= 4 is 50.9 Å². The van der Waals surface area contributed by atoms with Crippen LogP contribution in [0.2, 0.25) is 0 Å².